The summed E-state index contributed by atoms with van der Waals surface area (Å²) in [4.78, 5) is 37.5. The van der Waals surface area contributed by atoms with Crippen molar-refractivity contribution in [3.8, 4) is 0 Å². The SMILES string of the molecule is COC(=O)c1cccc(NC(=O)C2CC(=O)N(c3ccccc3F)C2)c1. The molecule has 1 fully saturated rings. The number of benzene rings is 2. The Bertz CT molecular complexity index is 868. The van der Waals surface area contributed by atoms with Crippen LogP contribution >= 0.6 is 0 Å². The molecular formula is C19H17FN2O4. The molecule has 0 bridgehead atoms. The predicted octanol–water partition coefficient (Wildman–Crippen LogP) is 2.60. The van der Waals surface area contributed by atoms with Gasteiger partial charge in [0.15, 0.2) is 0 Å². The smallest absolute Gasteiger partial charge is 0.337 e. The van der Waals surface area contributed by atoms with E-state index in [1.807, 2.05) is 0 Å². The fourth-order valence-electron chi connectivity index (χ4n) is 2.87. The van der Waals surface area contributed by atoms with Gasteiger partial charge in [-0.2, -0.15) is 0 Å². The molecule has 0 spiro atoms. The molecule has 1 aliphatic heterocycles. The Morgan fingerprint density at radius 1 is 1.19 bits per heavy atom. The lowest BCUT2D eigenvalue weighted by Gasteiger charge is -2.17. The normalized spacial score (nSPS) is 16.5. The van der Waals surface area contributed by atoms with Crippen molar-refractivity contribution in [2.45, 2.75) is 6.42 Å². The lowest BCUT2D eigenvalue weighted by molar-refractivity contribution is -0.122. The van der Waals surface area contributed by atoms with Crippen LogP contribution in [-0.2, 0) is 14.3 Å². The molecule has 1 saturated heterocycles. The monoisotopic (exact) mass is 356 g/mol. The molecule has 2 amide bonds. The Morgan fingerprint density at radius 2 is 1.96 bits per heavy atom. The summed E-state index contributed by atoms with van der Waals surface area (Å²) in [6, 6.07) is 12.3. The van der Waals surface area contributed by atoms with E-state index in [0.29, 0.717) is 11.3 Å². The van der Waals surface area contributed by atoms with E-state index in [1.165, 1.54) is 36.3 Å². The second kappa shape index (κ2) is 7.35. The summed E-state index contributed by atoms with van der Waals surface area (Å²) in [6.45, 7) is 0.0995. The highest BCUT2D eigenvalue weighted by Crippen LogP contribution is 2.28. The van der Waals surface area contributed by atoms with Gasteiger partial charge in [0.05, 0.1) is 24.3 Å². The van der Waals surface area contributed by atoms with Crippen molar-refractivity contribution < 1.29 is 23.5 Å². The quantitative estimate of drug-likeness (QED) is 0.855. The molecule has 1 atom stereocenters. The Morgan fingerprint density at radius 3 is 2.69 bits per heavy atom. The molecule has 0 aliphatic carbocycles. The van der Waals surface area contributed by atoms with Gasteiger partial charge in [0.2, 0.25) is 11.8 Å². The fourth-order valence-corrected chi connectivity index (χ4v) is 2.87. The molecule has 3 rings (SSSR count). The zero-order valence-electron chi connectivity index (χ0n) is 14.1. The first-order chi connectivity index (χ1) is 12.5. The molecule has 0 radical (unpaired) electrons. The van der Waals surface area contributed by atoms with Crippen LogP contribution in [0.4, 0.5) is 15.8 Å². The summed E-state index contributed by atoms with van der Waals surface area (Å²) in [7, 11) is 1.27. The highest BCUT2D eigenvalue weighted by atomic mass is 19.1. The summed E-state index contributed by atoms with van der Waals surface area (Å²) in [5, 5.41) is 2.69. The molecule has 0 aromatic heterocycles. The van der Waals surface area contributed by atoms with Crippen LogP contribution in [0.1, 0.15) is 16.8 Å². The van der Waals surface area contributed by atoms with E-state index in [0.717, 1.165) is 0 Å². The molecule has 2 aromatic rings. The molecule has 134 valence electrons. The second-order valence-corrected chi connectivity index (χ2v) is 5.92. The topological polar surface area (TPSA) is 75.7 Å². The molecule has 7 heteroatoms. The number of para-hydroxylation sites is 1. The van der Waals surface area contributed by atoms with E-state index in [-0.39, 0.29) is 30.5 Å². The number of carbonyl (C=O) groups excluding carboxylic acids is 3. The Kier molecular flexibility index (Phi) is 4.97. The zero-order chi connectivity index (χ0) is 18.7. The van der Waals surface area contributed by atoms with Crippen LogP contribution in [0, 0.1) is 11.7 Å². The zero-order valence-corrected chi connectivity index (χ0v) is 14.1. The standard InChI is InChI=1S/C19H17FN2O4/c1-26-19(25)12-5-4-6-14(9-12)21-18(24)13-10-17(23)22(11-13)16-8-3-2-7-15(16)20/h2-9,13H,10-11H2,1H3,(H,21,24). The van der Waals surface area contributed by atoms with Crippen LogP contribution in [0.15, 0.2) is 48.5 Å². The lowest BCUT2D eigenvalue weighted by atomic mass is 10.1. The van der Waals surface area contributed by atoms with Crippen molar-refractivity contribution in [3.05, 3.63) is 59.9 Å². The van der Waals surface area contributed by atoms with Gasteiger partial charge >= 0.3 is 5.97 Å². The summed E-state index contributed by atoms with van der Waals surface area (Å²) in [6.07, 6.45) is -0.00312. The third kappa shape index (κ3) is 3.56. The van der Waals surface area contributed by atoms with Crippen LogP contribution in [0.5, 0.6) is 0 Å². The number of ether oxygens (including phenoxy) is 1. The molecule has 1 aliphatic rings. The summed E-state index contributed by atoms with van der Waals surface area (Å²) in [5.41, 5.74) is 0.899. The average molecular weight is 356 g/mol. The van der Waals surface area contributed by atoms with E-state index in [2.05, 4.69) is 10.1 Å². The van der Waals surface area contributed by atoms with Gasteiger partial charge in [-0.3, -0.25) is 9.59 Å². The minimum Gasteiger partial charge on any atom is -0.465 e. The van der Waals surface area contributed by atoms with E-state index < -0.39 is 17.7 Å². The number of nitrogens with zero attached hydrogens (tertiary/aromatic N) is 1. The highest BCUT2D eigenvalue weighted by molar-refractivity contribution is 6.04. The van der Waals surface area contributed by atoms with Crippen molar-refractivity contribution in [3.63, 3.8) is 0 Å². The molecule has 1 N–H and O–H groups in total. The first kappa shape index (κ1) is 17.6. The fraction of sp³-hybridized carbons (Fsp3) is 0.211. The Labute approximate surface area is 149 Å². The highest BCUT2D eigenvalue weighted by Gasteiger charge is 2.36. The first-order valence-corrected chi connectivity index (χ1v) is 8.03. The maximum absolute atomic E-state index is 13.9. The Balaban J connectivity index is 1.71. The number of nitrogens with one attached hydrogen (secondary N) is 1. The summed E-state index contributed by atoms with van der Waals surface area (Å²) >= 11 is 0. The molecular weight excluding hydrogens is 339 g/mol. The number of carbonyl (C=O) groups is 3. The van der Waals surface area contributed by atoms with Crippen LogP contribution in [0.2, 0.25) is 0 Å². The van der Waals surface area contributed by atoms with Gasteiger partial charge in [-0.25, -0.2) is 9.18 Å². The maximum atomic E-state index is 13.9. The summed E-state index contributed by atoms with van der Waals surface area (Å²) < 4.78 is 18.6. The van der Waals surface area contributed by atoms with Gasteiger partial charge in [-0.15, -0.1) is 0 Å². The van der Waals surface area contributed by atoms with E-state index in [9.17, 15) is 18.8 Å². The largest absolute Gasteiger partial charge is 0.465 e. The maximum Gasteiger partial charge on any atom is 0.337 e. The van der Waals surface area contributed by atoms with Crippen molar-refractivity contribution in [1.29, 1.82) is 0 Å². The number of esters is 1. The second-order valence-electron chi connectivity index (χ2n) is 5.92. The van der Waals surface area contributed by atoms with Gasteiger partial charge in [0.25, 0.3) is 0 Å². The first-order valence-electron chi connectivity index (χ1n) is 8.03. The minimum absolute atomic E-state index is 0.00312. The number of hydrogen-bond donors (Lipinski definition) is 1. The van der Waals surface area contributed by atoms with Crippen molar-refractivity contribution in [2.75, 3.05) is 23.9 Å². The van der Waals surface area contributed by atoms with Gasteiger partial charge in [0.1, 0.15) is 5.82 Å². The van der Waals surface area contributed by atoms with Crippen LogP contribution in [0.25, 0.3) is 0 Å². The van der Waals surface area contributed by atoms with E-state index in [4.69, 9.17) is 0 Å². The molecule has 0 saturated carbocycles. The lowest BCUT2D eigenvalue weighted by Crippen LogP contribution is -2.28. The number of halogens is 1. The van der Waals surface area contributed by atoms with Gasteiger partial charge in [-0.1, -0.05) is 18.2 Å². The molecule has 6 nitrogen and oxygen atoms in total. The number of hydrogen-bond acceptors (Lipinski definition) is 4. The van der Waals surface area contributed by atoms with Crippen molar-refractivity contribution in [2.24, 2.45) is 5.92 Å². The van der Waals surface area contributed by atoms with Crippen LogP contribution in [0.3, 0.4) is 0 Å². The van der Waals surface area contributed by atoms with E-state index >= 15 is 0 Å². The summed E-state index contributed by atoms with van der Waals surface area (Å²) in [5.74, 6) is -2.29. The minimum atomic E-state index is -0.608. The Hall–Kier alpha value is -3.22. The molecule has 1 unspecified atom stereocenters. The third-order valence-electron chi connectivity index (χ3n) is 4.19. The van der Waals surface area contributed by atoms with Crippen molar-refractivity contribution in [1.82, 2.24) is 0 Å². The van der Waals surface area contributed by atoms with Gasteiger partial charge in [-0.05, 0) is 30.3 Å². The average Bonchev–Trinajstić information content (AvgIpc) is 3.03. The molecule has 26 heavy (non-hydrogen) atoms. The van der Waals surface area contributed by atoms with Crippen molar-refractivity contribution >= 4 is 29.2 Å². The number of rotatable bonds is 4. The predicted molar refractivity (Wildman–Crippen MR) is 93.3 cm³/mol. The van der Waals surface area contributed by atoms with Gasteiger partial charge < -0.3 is 15.0 Å². The van der Waals surface area contributed by atoms with Crippen LogP contribution in [-0.4, -0.2) is 31.4 Å². The van der Waals surface area contributed by atoms with E-state index in [1.54, 1.807) is 24.3 Å². The number of anilines is 2. The molecule has 2 aromatic carbocycles. The number of amides is 2. The molecule has 1 heterocycles. The van der Waals surface area contributed by atoms with Gasteiger partial charge in [0, 0.05) is 18.7 Å². The van der Waals surface area contributed by atoms with Crippen LogP contribution < -0.4 is 10.2 Å². The third-order valence-corrected chi connectivity index (χ3v) is 4.19. The number of methoxy groups -OCH3 is 1.